The Hall–Kier alpha value is 2.74. The van der Waals surface area contributed by atoms with Crippen molar-refractivity contribution >= 4 is 15.6 Å². The van der Waals surface area contributed by atoms with Gasteiger partial charge >= 0.3 is 104 Å². The van der Waals surface area contributed by atoms with Crippen LogP contribution < -0.4 is 88.7 Å². The first-order valence-electron chi connectivity index (χ1n) is 5.00. The van der Waals surface area contributed by atoms with E-state index in [2.05, 4.69) is 13.8 Å². The van der Waals surface area contributed by atoms with Crippen LogP contribution in [0.25, 0.3) is 0 Å². The van der Waals surface area contributed by atoms with Gasteiger partial charge in [-0.25, -0.2) is 9.13 Å². The molecule has 1 heterocycles. The van der Waals surface area contributed by atoms with Crippen LogP contribution in [0, 0.1) is 0 Å². The minimum absolute atomic E-state index is 0. The Balaban J connectivity index is -0.0000000404. The van der Waals surface area contributed by atoms with Gasteiger partial charge in [0.1, 0.15) is 24.9 Å². The Labute approximate surface area is 241 Å². The van der Waals surface area contributed by atoms with E-state index in [-0.39, 0.29) is 132 Å². The molecule has 0 radical (unpaired) electrons. The molecule has 25 heteroatoms. The predicted octanol–water partition coefficient (Wildman–Crippen LogP) is -18.6. The van der Waals surface area contributed by atoms with Crippen molar-refractivity contribution in [3.63, 3.8) is 0 Å². The monoisotopic (exact) mass is 553 g/mol. The van der Waals surface area contributed by atoms with Crippen LogP contribution in [0.2, 0.25) is 0 Å². The first kappa shape index (κ1) is 69.9. The van der Waals surface area contributed by atoms with Gasteiger partial charge in [0.2, 0.25) is 5.79 Å². The second-order valence-electron chi connectivity index (χ2n) is 3.99. The van der Waals surface area contributed by atoms with E-state index in [9.17, 15) is 24.4 Å². The minimum Gasteiger partial charge on any atom is -0.412 e. The molecule has 0 spiro atoms. The normalized spacial score (nSPS) is 22.9. The van der Waals surface area contributed by atoms with Crippen LogP contribution in [0.3, 0.4) is 0 Å². The molecule has 23 N–H and O–H groups in total. The van der Waals surface area contributed by atoms with E-state index in [0.29, 0.717) is 0 Å². The van der Waals surface area contributed by atoms with E-state index in [1.165, 1.54) is 0 Å². The molecule has 4 atom stereocenters. The zero-order chi connectivity index (χ0) is 15.8. The van der Waals surface area contributed by atoms with Crippen molar-refractivity contribution < 1.29 is 190 Å². The summed E-state index contributed by atoms with van der Waals surface area (Å²) in [6, 6.07) is 0. The molecule has 1 aliphatic rings. The van der Waals surface area contributed by atoms with Crippen molar-refractivity contribution in [1.82, 2.24) is 0 Å². The van der Waals surface area contributed by atoms with Gasteiger partial charge in [-0.1, -0.05) is 0 Å². The van der Waals surface area contributed by atoms with Crippen LogP contribution >= 0.6 is 15.6 Å². The molecule has 1 aliphatic heterocycles. The van der Waals surface area contributed by atoms with Crippen molar-refractivity contribution in [1.29, 1.82) is 0 Å². The SMILES string of the molecule is O.O.O.O.O.O.O.O.O=P(O)(O)OC[C@H]1OC(O)(COP(=O)(O)O)[C@@H](O)[C@@H]1O.[Na+].[Na+].[Na+]. The smallest absolute Gasteiger partial charge is 0.412 e. The maximum Gasteiger partial charge on any atom is 1.00 e. The molecule has 20 nitrogen and oxygen atoms in total. The third-order valence-corrected chi connectivity index (χ3v) is 3.32. The molecular formula is C6H30Na3O20P2+3. The molecule has 31 heavy (non-hydrogen) atoms. The molecule has 0 aliphatic carbocycles. The van der Waals surface area contributed by atoms with Gasteiger partial charge in [-0.2, -0.15) is 0 Å². The predicted molar refractivity (Wildman–Crippen MR) is 86.7 cm³/mol. The molecule has 0 aromatic carbocycles. The van der Waals surface area contributed by atoms with Gasteiger partial charge in [-0.15, -0.1) is 0 Å². The average Bonchev–Trinajstić information content (AvgIpc) is 2.48. The standard InChI is InChI=1S/C6H14O12P2.3Na.8H2O/c7-4-3(1-16-19(10,11)12)18-6(9,5(4)8)2-17-20(13,14)15;;;;;;;;;;;/h3-5,7-9H,1-2H2,(H2,10,11,12)(H2,13,14,15);;;;8*1H2/q;3*+1;;;;;;;;/t3-,4-,5+,6?;;;;;;;;;;;/m1.........../s1. The van der Waals surface area contributed by atoms with Gasteiger partial charge in [-0.05, 0) is 0 Å². The summed E-state index contributed by atoms with van der Waals surface area (Å²) >= 11 is 0. The van der Waals surface area contributed by atoms with Gasteiger partial charge in [0.25, 0.3) is 0 Å². The Kier molecular flexibility index (Phi) is 61.7. The Morgan fingerprint density at radius 3 is 1.35 bits per heavy atom. The third-order valence-electron chi connectivity index (χ3n) is 2.37. The zero-order valence-corrected chi connectivity index (χ0v) is 24.5. The molecule has 1 rings (SSSR count). The van der Waals surface area contributed by atoms with Gasteiger partial charge in [0.05, 0.1) is 6.61 Å². The van der Waals surface area contributed by atoms with E-state index < -0.39 is 53.0 Å². The fraction of sp³-hybridized carbons (Fsp3) is 1.00. The van der Waals surface area contributed by atoms with Crippen molar-refractivity contribution in [2.24, 2.45) is 0 Å². The van der Waals surface area contributed by atoms with E-state index in [1.54, 1.807) is 0 Å². The molecule has 1 fully saturated rings. The Bertz CT molecular complexity index is 447. The van der Waals surface area contributed by atoms with Crippen LogP contribution in [0.5, 0.6) is 0 Å². The molecule has 0 aromatic rings. The van der Waals surface area contributed by atoms with Crippen LogP contribution in [-0.2, 0) is 22.9 Å². The molecule has 184 valence electrons. The molecule has 1 unspecified atom stereocenters. The summed E-state index contributed by atoms with van der Waals surface area (Å²) < 4.78 is 33.6. The third kappa shape index (κ3) is 25.6. The number of hydrogen-bond acceptors (Lipinski definition) is 8. The van der Waals surface area contributed by atoms with Gasteiger partial charge in [0.15, 0.2) is 0 Å². The molecule has 0 bridgehead atoms. The molecule has 0 amide bonds. The molecule has 0 aromatic heterocycles. The Morgan fingerprint density at radius 1 is 0.742 bits per heavy atom. The summed E-state index contributed by atoms with van der Waals surface area (Å²) in [7, 11) is -9.82. The number of aliphatic hydroxyl groups is 3. The summed E-state index contributed by atoms with van der Waals surface area (Å²) in [5.41, 5.74) is 0. The van der Waals surface area contributed by atoms with Crippen molar-refractivity contribution in [3.8, 4) is 0 Å². The van der Waals surface area contributed by atoms with E-state index in [4.69, 9.17) is 19.6 Å². The maximum atomic E-state index is 10.5. The fourth-order valence-corrected chi connectivity index (χ4v) is 2.17. The summed E-state index contributed by atoms with van der Waals surface area (Å²) in [4.78, 5) is 33.9. The number of phosphoric ester groups is 2. The minimum atomic E-state index is -4.96. The van der Waals surface area contributed by atoms with Gasteiger partial charge in [0, 0.05) is 0 Å². The maximum absolute atomic E-state index is 10.5. The number of aliphatic hydroxyl groups excluding tert-OH is 2. The van der Waals surface area contributed by atoms with E-state index in [1.807, 2.05) is 0 Å². The summed E-state index contributed by atoms with van der Waals surface area (Å²) in [6.45, 7) is -2.05. The van der Waals surface area contributed by atoms with Crippen molar-refractivity contribution in [3.05, 3.63) is 0 Å². The van der Waals surface area contributed by atoms with Crippen LogP contribution in [0.1, 0.15) is 0 Å². The van der Waals surface area contributed by atoms with Gasteiger partial charge in [-0.3, -0.25) is 9.05 Å². The second kappa shape index (κ2) is 27.3. The number of phosphoric acid groups is 2. The first-order chi connectivity index (χ1) is 8.84. The van der Waals surface area contributed by atoms with E-state index in [0.717, 1.165) is 0 Å². The summed E-state index contributed by atoms with van der Waals surface area (Å²) in [6.07, 6.45) is -5.38. The van der Waals surface area contributed by atoms with Crippen LogP contribution in [-0.4, -0.2) is 116 Å². The fourth-order valence-electron chi connectivity index (χ4n) is 1.47. The largest absolute Gasteiger partial charge is 1.00 e. The molecule has 1 saturated heterocycles. The number of hydrogen-bond donors (Lipinski definition) is 7. The number of rotatable bonds is 6. The van der Waals surface area contributed by atoms with Gasteiger partial charge < -0.3 is 83.4 Å². The molecule has 0 saturated carbocycles. The topological polar surface area (TPSA) is 455 Å². The molecular weight excluding hydrogens is 523 g/mol. The average molecular weight is 553 g/mol. The quantitative estimate of drug-likeness (QED) is 0.119. The van der Waals surface area contributed by atoms with Crippen LogP contribution in [0.4, 0.5) is 0 Å². The zero-order valence-electron chi connectivity index (χ0n) is 16.7. The van der Waals surface area contributed by atoms with Crippen molar-refractivity contribution in [2.45, 2.75) is 24.1 Å². The summed E-state index contributed by atoms with van der Waals surface area (Å²) in [5.74, 6) is -2.66. The second-order valence-corrected chi connectivity index (χ2v) is 6.47. The number of ether oxygens (including phenoxy) is 1. The van der Waals surface area contributed by atoms with Crippen molar-refractivity contribution in [2.75, 3.05) is 13.2 Å². The summed E-state index contributed by atoms with van der Waals surface area (Å²) in [5, 5.41) is 28.8. The van der Waals surface area contributed by atoms with Crippen LogP contribution in [0.15, 0.2) is 0 Å². The Morgan fingerprint density at radius 2 is 1.06 bits per heavy atom. The first-order valence-corrected chi connectivity index (χ1v) is 8.07. The van der Waals surface area contributed by atoms with E-state index >= 15 is 0 Å².